The minimum atomic E-state index is -0.789. The highest BCUT2D eigenvalue weighted by Crippen LogP contribution is 2.18. The first-order valence-electron chi connectivity index (χ1n) is 10.3. The Morgan fingerprint density at radius 1 is 0.967 bits per heavy atom. The van der Waals surface area contributed by atoms with Crippen molar-refractivity contribution in [2.24, 2.45) is 5.92 Å². The van der Waals surface area contributed by atoms with Crippen LogP contribution >= 0.6 is 0 Å². The average molecular weight is 421 g/mol. The van der Waals surface area contributed by atoms with Gasteiger partial charge < -0.3 is 14.4 Å². The fourth-order valence-electron chi connectivity index (χ4n) is 2.77. The van der Waals surface area contributed by atoms with E-state index in [2.05, 4.69) is 0 Å². The Kier molecular flexibility index (Phi) is 9.33. The molecular formula is C23H36N2O5. The highest BCUT2D eigenvalue weighted by Gasteiger charge is 2.35. The van der Waals surface area contributed by atoms with Crippen molar-refractivity contribution in [3.05, 3.63) is 35.9 Å². The van der Waals surface area contributed by atoms with Gasteiger partial charge in [0.2, 0.25) is 5.91 Å². The summed E-state index contributed by atoms with van der Waals surface area (Å²) in [6.45, 7) is 11.0. The van der Waals surface area contributed by atoms with E-state index >= 15 is 0 Å². The van der Waals surface area contributed by atoms with Gasteiger partial charge in [-0.25, -0.2) is 9.59 Å². The first-order chi connectivity index (χ1) is 13.8. The maximum atomic E-state index is 13.2. The van der Waals surface area contributed by atoms with Gasteiger partial charge in [-0.2, -0.15) is 0 Å². The lowest BCUT2D eigenvalue weighted by molar-refractivity contribution is -0.156. The van der Waals surface area contributed by atoms with Crippen LogP contribution in [0.25, 0.3) is 0 Å². The van der Waals surface area contributed by atoms with Gasteiger partial charge in [0.05, 0.1) is 0 Å². The molecule has 0 fully saturated rings. The van der Waals surface area contributed by atoms with Gasteiger partial charge in [-0.1, -0.05) is 44.2 Å². The number of carbonyl (C=O) groups is 3. The SMILES string of the molecule is CC(C)C[C@@H](C(=O)N(C)[C@H](C)C(=O)OCc1ccccc1)N(C)C(=O)OC(C)(C)C. The molecule has 168 valence electrons. The van der Waals surface area contributed by atoms with Crippen LogP contribution in [-0.4, -0.2) is 59.5 Å². The van der Waals surface area contributed by atoms with Gasteiger partial charge >= 0.3 is 12.1 Å². The molecule has 30 heavy (non-hydrogen) atoms. The molecule has 7 heteroatoms. The summed E-state index contributed by atoms with van der Waals surface area (Å²) >= 11 is 0. The molecular weight excluding hydrogens is 384 g/mol. The largest absolute Gasteiger partial charge is 0.459 e. The Morgan fingerprint density at radius 2 is 1.53 bits per heavy atom. The lowest BCUT2D eigenvalue weighted by Gasteiger charge is -2.34. The number of hydrogen-bond donors (Lipinski definition) is 0. The first kappa shape index (κ1) is 25.5. The van der Waals surface area contributed by atoms with E-state index in [0.717, 1.165) is 5.56 Å². The zero-order valence-corrected chi connectivity index (χ0v) is 19.5. The molecule has 7 nitrogen and oxygen atoms in total. The second-order valence-electron chi connectivity index (χ2n) is 8.96. The van der Waals surface area contributed by atoms with Crippen molar-refractivity contribution < 1.29 is 23.9 Å². The van der Waals surface area contributed by atoms with Crippen molar-refractivity contribution in [1.29, 1.82) is 0 Å². The van der Waals surface area contributed by atoms with Crippen LogP contribution in [0, 0.1) is 5.92 Å². The molecule has 0 spiro atoms. The molecule has 0 aliphatic heterocycles. The zero-order valence-electron chi connectivity index (χ0n) is 19.5. The second-order valence-corrected chi connectivity index (χ2v) is 8.96. The second kappa shape index (κ2) is 11.0. The van der Waals surface area contributed by atoms with Crippen molar-refractivity contribution in [3.63, 3.8) is 0 Å². The van der Waals surface area contributed by atoms with E-state index in [0.29, 0.717) is 6.42 Å². The molecule has 0 heterocycles. The molecule has 2 atom stereocenters. The van der Waals surface area contributed by atoms with Crippen molar-refractivity contribution in [1.82, 2.24) is 9.80 Å². The number of rotatable bonds is 8. The van der Waals surface area contributed by atoms with Crippen molar-refractivity contribution in [2.45, 2.75) is 72.3 Å². The maximum Gasteiger partial charge on any atom is 0.410 e. The number of likely N-dealkylation sites (N-methyl/N-ethyl adjacent to an activating group) is 2. The Morgan fingerprint density at radius 3 is 2.03 bits per heavy atom. The number of carbonyl (C=O) groups excluding carboxylic acids is 3. The van der Waals surface area contributed by atoms with Crippen LogP contribution in [0.5, 0.6) is 0 Å². The molecule has 0 radical (unpaired) electrons. The van der Waals surface area contributed by atoms with Crippen LogP contribution < -0.4 is 0 Å². The lowest BCUT2D eigenvalue weighted by atomic mass is 10.0. The third kappa shape index (κ3) is 8.05. The summed E-state index contributed by atoms with van der Waals surface area (Å²) in [5, 5.41) is 0. The molecule has 2 amide bonds. The Balaban J connectivity index is 2.85. The minimum absolute atomic E-state index is 0.138. The Hall–Kier alpha value is -2.57. The van der Waals surface area contributed by atoms with Gasteiger partial charge in [0, 0.05) is 14.1 Å². The summed E-state index contributed by atoms with van der Waals surface area (Å²) in [6.07, 6.45) is -0.126. The molecule has 0 aromatic heterocycles. The Labute approximate surface area is 180 Å². The number of nitrogens with zero attached hydrogens (tertiary/aromatic N) is 2. The number of hydrogen-bond acceptors (Lipinski definition) is 5. The predicted octanol–water partition coefficient (Wildman–Crippen LogP) is 3.86. The molecule has 1 aromatic carbocycles. The van der Waals surface area contributed by atoms with E-state index in [1.807, 2.05) is 44.2 Å². The van der Waals surface area contributed by atoms with Crippen molar-refractivity contribution in [3.8, 4) is 0 Å². The molecule has 0 saturated carbocycles. The summed E-state index contributed by atoms with van der Waals surface area (Å²) in [4.78, 5) is 40.8. The molecule has 0 aliphatic carbocycles. The van der Waals surface area contributed by atoms with Crippen LogP contribution in [0.2, 0.25) is 0 Å². The first-order valence-corrected chi connectivity index (χ1v) is 10.3. The molecule has 0 bridgehead atoms. The van der Waals surface area contributed by atoms with Crippen LogP contribution in [0.3, 0.4) is 0 Å². The molecule has 1 aromatic rings. The standard InChI is InChI=1S/C23H36N2O5/c1-16(2)14-19(25(8)22(28)30-23(4,5)6)20(26)24(7)17(3)21(27)29-15-18-12-10-9-11-13-18/h9-13,16-17,19H,14-15H2,1-8H3/t17-,19+/m1/s1. The molecule has 0 aliphatic rings. The van der Waals surface area contributed by atoms with Gasteiger partial charge in [-0.05, 0) is 45.6 Å². The quantitative estimate of drug-likeness (QED) is 0.597. The van der Waals surface area contributed by atoms with Crippen LogP contribution in [0.15, 0.2) is 30.3 Å². The van der Waals surface area contributed by atoms with Gasteiger partial charge in [-0.3, -0.25) is 9.69 Å². The molecule has 0 saturated heterocycles. The summed E-state index contributed by atoms with van der Waals surface area (Å²) in [6, 6.07) is 7.81. The topological polar surface area (TPSA) is 76.2 Å². The van der Waals surface area contributed by atoms with E-state index < -0.39 is 29.7 Å². The number of benzene rings is 1. The van der Waals surface area contributed by atoms with E-state index in [-0.39, 0.29) is 18.4 Å². The third-order valence-electron chi connectivity index (χ3n) is 4.62. The summed E-state index contributed by atoms with van der Waals surface area (Å²) in [7, 11) is 3.10. The van der Waals surface area contributed by atoms with Gasteiger partial charge in [0.25, 0.3) is 0 Å². The lowest BCUT2D eigenvalue weighted by Crippen LogP contribution is -2.53. The van der Waals surface area contributed by atoms with Gasteiger partial charge in [0.15, 0.2) is 0 Å². The summed E-state index contributed by atoms with van der Waals surface area (Å²) in [5.41, 5.74) is 0.200. The van der Waals surface area contributed by atoms with E-state index in [4.69, 9.17) is 9.47 Å². The summed E-state index contributed by atoms with van der Waals surface area (Å²) < 4.78 is 10.8. The number of amides is 2. The zero-order chi connectivity index (χ0) is 23.1. The molecule has 1 rings (SSSR count). The maximum absolute atomic E-state index is 13.2. The van der Waals surface area contributed by atoms with Crippen LogP contribution in [-0.2, 0) is 25.7 Å². The Bertz CT molecular complexity index is 712. The number of ether oxygens (including phenoxy) is 2. The van der Waals surface area contributed by atoms with Gasteiger partial charge in [0.1, 0.15) is 24.3 Å². The summed E-state index contributed by atoms with van der Waals surface area (Å²) in [5.74, 6) is -0.670. The fourth-order valence-corrected chi connectivity index (χ4v) is 2.77. The van der Waals surface area contributed by atoms with E-state index in [1.165, 1.54) is 9.80 Å². The number of esters is 1. The fraction of sp³-hybridized carbons (Fsp3) is 0.609. The van der Waals surface area contributed by atoms with Crippen LogP contribution in [0.4, 0.5) is 4.79 Å². The van der Waals surface area contributed by atoms with Crippen molar-refractivity contribution in [2.75, 3.05) is 14.1 Å². The smallest absolute Gasteiger partial charge is 0.410 e. The highest BCUT2D eigenvalue weighted by molar-refractivity contribution is 5.89. The minimum Gasteiger partial charge on any atom is -0.459 e. The molecule has 0 unspecified atom stereocenters. The predicted molar refractivity (Wildman–Crippen MR) is 116 cm³/mol. The normalized spacial score (nSPS) is 13.4. The average Bonchev–Trinajstić information content (AvgIpc) is 2.67. The van der Waals surface area contributed by atoms with Crippen LogP contribution in [0.1, 0.15) is 53.5 Å². The highest BCUT2D eigenvalue weighted by atomic mass is 16.6. The molecule has 0 N–H and O–H groups in total. The van der Waals surface area contributed by atoms with E-state index in [9.17, 15) is 14.4 Å². The van der Waals surface area contributed by atoms with Crippen molar-refractivity contribution >= 4 is 18.0 Å². The monoisotopic (exact) mass is 420 g/mol. The van der Waals surface area contributed by atoms with Gasteiger partial charge in [-0.15, -0.1) is 0 Å². The third-order valence-corrected chi connectivity index (χ3v) is 4.62. The van der Waals surface area contributed by atoms with E-state index in [1.54, 1.807) is 41.8 Å².